The number of Topliss-reactive ketones (excluding diaryl/α,β-unsaturated/α-hetero) is 1. The Morgan fingerprint density at radius 2 is 1.87 bits per heavy atom. The number of carbonyl (C=O) groups is 3. The lowest BCUT2D eigenvalue weighted by atomic mass is 10.1. The van der Waals surface area contributed by atoms with Gasteiger partial charge in [-0.05, 0) is 35.4 Å². The predicted octanol–water partition coefficient (Wildman–Crippen LogP) is 3.09. The number of nitrogens with zero attached hydrogens (tertiary/aromatic N) is 1. The van der Waals surface area contributed by atoms with Gasteiger partial charge in [-0.1, -0.05) is 17.7 Å². The highest BCUT2D eigenvalue weighted by molar-refractivity contribution is 7.18. The molecule has 2 heterocycles. The zero-order valence-electron chi connectivity index (χ0n) is 12.3. The van der Waals surface area contributed by atoms with E-state index in [1.165, 1.54) is 13.0 Å². The van der Waals surface area contributed by atoms with Crippen LogP contribution >= 0.6 is 22.9 Å². The minimum absolute atomic E-state index is 0.0107. The van der Waals surface area contributed by atoms with Crippen LogP contribution in [0.3, 0.4) is 0 Å². The van der Waals surface area contributed by atoms with Crippen molar-refractivity contribution in [1.29, 1.82) is 0 Å². The molecule has 1 N–H and O–H groups in total. The second-order valence-corrected chi connectivity index (χ2v) is 6.96. The Balaban J connectivity index is 1.72. The SMILES string of the molecule is CC(=O)N1Cc2ccc(NC(=O)C(=O)c3ccc(Cl)s3)cc2C1. The molecular formula is C16H13ClN2O3S. The number of ketones is 1. The third-order valence-electron chi connectivity index (χ3n) is 3.64. The van der Waals surface area contributed by atoms with Gasteiger partial charge in [0.1, 0.15) is 0 Å². The first-order valence-electron chi connectivity index (χ1n) is 6.92. The van der Waals surface area contributed by atoms with Crippen LogP contribution in [0.25, 0.3) is 0 Å². The molecule has 0 radical (unpaired) electrons. The summed E-state index contributed by atoms with van der Waals surface area (Å²) >= 11 is 6.84. The molecule has 0 aliphatic carbocycles. The second-order valence-electron chi connectivity index (χ2n) is 5.25. The Labute approximate surface area is 141 Å². The molecule has 1 aliphatic rings. The van der Waals surface area contributed by atoms with Crippen LogP contribution in [0.2, 0.25) is 4.34 Å². The number of nitrogens with one attached hydrogen (secondary N) is 1. The van der Waals surface area contributed by atoms with Gasteiger partial charge < -0.3 is 10.2 Å². The molecule has 5 nitrogen and oxygen atoms in total. The number of amides is 2. The van der Waals surface area contributed by atoms with Crippen molar-refractivity contribution in [2.75, 3.05) is 5.32 Å². The average Bonchev–Trinajstić information content (AvgIpc) is 3.12. The first-order chi connectivity index (χ1) is 10.9. The molecule has 118 valence electrons. The number of carbonyl (C=O) groups excluding carboxylic acids is 3. The predicted molar refractivity (Wildman–Crippen MR) is 88.7 cm³/mol. The molecule has 0 saturated carbocycles. The third-order valence-corrected chi connectivity index (χ3v) is 4.87. The zero-order chi connectivity index (χ0) is 16.6. The average molecular weight is 349 g/mol. The fourth-order valence-corrected chi connectivity index (χ4v) is 3.41. The zero-order valence-corrected chi connectivity index (χ0v) is 13.8. The summed E-state index contributed by atoms with van der Waals surface area (Å²) in [6, 6.07) is 8.50. The summed E-state index contributed by atoms with van der Waals surface area (Å²) in [5.74, 6) is -1.31. The van der Waals surface area contributed by atoms with E-state index in [1.54, 1.807) is 23.1 Å². The van der Waals surface area contributed by atoms with E-state index in [-0.39, 0.29) is 5.91 Å². The summed E-state index contributed by atoms with van der Waals surface area (Å²) in [4.78, 5) is 37.5. The lowest BCUT2D eigenvalue weighted by molar-refractivity contribution is -0.129. The highest BCUT2D eigenvalue weighted by Crippen LogP contribution is 2.26. The molecule has 23 heavy (non-hydrogen) atoms. The molecule has 0 atom stereocenters. The molecule has 2 amide bonds. The van der Waals surface area contributed by atoms with Gasteiger partial charge in [0.15, 0.2) is 0 Å². The van der Waals surface area contributed by atoms with Gasteiger partial charge >= 0.3 is 0 Å². The molecular weight excluding hydrogens is 336 g/mol. The van der Waals surface area contributed by atoms with Crippen LogP contribution in [0.4, 0.5) is 5.69 Å². The van der Waals surface area contributed by atoms with Crippen molar-refractivity contribution in [3.63, 3.8) is 0 Å². The molecule has 3 rings (SSSR count). The normalized spacial score (nSPS) is 12.9. The minimum Gasteiger partial charge on any atom is -0.334 e. The lowest BCUT2D eigenvalue weighted by Gasteiger charge is -2.11. The van der Waals surface area contributed by atoms with Crippen LogP contribution in [0.1, 0.15) is 27.7 Å². The van der Waals surface area contributed by atoms with Crippen LogP contribution in [-0.4, -0.2) is 22.5 Å². The minimum atomic E-state index is -0.704. The van der Waals surface area contributed by atoms with E-state index < -0.39 is 11.7 Å². The maximum absolute atomic E-state index is 12.0. The summed E-state index contributed by atoms with van der Waals surface area (Å²) in [6.07, 6.45) is 0. The first kappa shape index (κ1) is 15.7. The number of thiophene rings is 1. The van der Waals surface area contributed by atoms with Gasteiger partial charge in [-0.2, -0.15) is 0 Å². The first-order valence-corrected chi connectivity index (χ1v) is 8.12. The van der Waals surface area contributed by atoms with Gasteiger partial charge in [0.2, 0.25) is 5.91 Å². The van der Waals surface area contributed by atoms with Crippen molar-refractivity contribution in [2.24, 2.45) is 0 Å². The topological polar surface area (TPSA) is 66.5 Å². The Morgan fingerprint density at radius 1 is 1.13 bits per heavy atom. The summed E-state index contributed by atoms with van der Waals surface area (Å²) in [5, 5.41) is 2.59. The van der Waals surface area contributed by atoms with Crippen LogP contribution < -0.4 is 5.32 Å². The van der Waals surface area contributed by atoms with Crippen molar-refractivity contribution in [1.82, 2.24) is 4.90 Å². The number of hydrogen-bond acceptors (Lipinski definition) is 4. The van der Waals surface area contributed by atoms with Crippen molar-refractivity contribution < 1.29 is 14.4 Å². The number of rotatable bonds is 3. The number of fused-ring (bicyclic) bond motifs is 1. The van der Waals surface area contributed by atoms with Crippen molar-refractivity contribution in [2.45, 2.75) is 20.0 Å². The Hall–Kier alpha value is -2.18. The molecule has 1 aromatic carbocycles. The summed E-state index contributed by atoms with van der Waals surface area (Å²) in [6.45, 7) is 2.62. The van der Waals surface area contributed by atoms with Gasteiger partial charge in [0.25, 0.3) is 11.7 Å². The lowest BCUT2D eigenvalue weighted by Crippen LogP contribution is -2.22. The smallest absolute Gasteiger partial charge is 0.297 e. The van der Waals surface area contributed by atoms with E-state index >= 15 is 0 Å². The molecule has 0 fully saturated rings. The van der Waals surface area contributed by atoms with Gasteiger partial charge in [-0.25, -0.2) is 0 Å². The number of halogens is 1. The Kier molecular flexibility index (Phi) is 4.19. The van der Waals surface area contributed by atoms with Crippen LogP contribution in [0.15, 0.2) is 30.3 Å². The largest absolute Gasteiger partial charge is 0.334 e. The maximum atomic E-state index is 12.0. The van der Waals surface area contributed by atoms with Gasteiger partial charge in [-0.15, -0.1) is 11.3 Å². The van der Waals surface area contributed by atoms with Gasteiger partial charge in [0.05, 0.1) is 9.21 Å². The molecule has 7 heteroatoms. The van der Waals surface area contributed by atoms with Crippen LogP contribution in [0, 0.1) is 0 Å². The van der Waals surface area contributed by atoms with E-state index in [0.717, 1.165) is 22.5 Å². The Bertz CT molecular complexity index is 815. The quantitative estimate of drug-likeness (QED) is 0.684. The van der Waals surface area contributed by atoms with Gasteiger partial charge in [0, 0.05) is 25.7 Å². The monoisotopic (exact) mass is 348 g/mol. The molecule has 0 unspecified atom stereocenters. The molecule has 0 saturated heterocycles. The van der Waals surface area contributed by atoms with E-state index in [4.69, 9.17) is 11.6 Å². The molecule has 0 bridgehead atoms. The van der Waals surface area contributed by atoms with E-state index in [0.29, 0.717) is 28.0 Å². The van der Waals surface area contributed by atoms with E-state index in [2.05, 4.69) is 5.32 Å². The van der Waals surface area contributed by atoms with Crippen molar-refractivity contribution in [3.05, 3.63) is 50.7 Å². The van der Waals surface area contributed by atoms with E-state index in [1.807, 2.05) is 6.07 Å². The van der Waals surface area contributed by atoms with Crippen molar-refractivity contribution >= 4 is 46.2 Å². The van der Waals surface area contributed by atoms with Crippen LogP contribution in [-0.2, 0) is 22.7 Å². The molecule has 2 aromatic rings. The number of benzene rings is 1. The molecule has 1 aromatic heterocycles. The third kappa shape index (κ3) is 3.28. The Morgan fingerprint density at radius 3 is 2.52 bits per heavy atom. The van der Waals surface area contributed by atoms with Crippen molar-refractivity contribution in [3.8, 4) is 0 Å². The summed E-state index contributed by atoms with van der Waals surface area (Å²) in [5.41, 5.74) is 2.56. The van der Waals surface area contributed by atoms with E-state index in [9.17, 15) is 14.4 Å². The van der Waals surface area contributed by atoms with Gasteiger partial charge in [-0.3, -0.25) is 14.4 Å². The summed E-state index contributed by atoms with van der Waals surface area (Å²) < 4.78 is 0.461. The highest BCUT2D eigenvalue weighted by Gasteiger charge is 2.22. The fourth-order valence-electron chi connectivity index (χ4n) is 2.43. The number of hydrogen-bond donors (Lipinski definition) is 1. The standard InChI is InChI=1S/C16H13ClN2O3S/c1-9(20)19-7-10-2-3-12(6-11(10)8-19)18-16(22)15(21)13-4-5-14(17)23-13/h2-6H,7-8H2,1H3,(H,18,22). The second kappa shape index (κ2) is 6.14. The fraction of sp³-hybridized carbons (Fsp3) is 0.188. The van der Waals surface area contributed by atoms with Crippen LogP contribution in [0.5, 0.6) is 0 Å². The summed E-state index contributed by atoms with van der Waals surface area (Å²) in [7, 11) is 0. The highest BCUT2D eigenvalue weighted by atomic mass is 35.5. The number of anilines is 1. The maximum Gasteiger partial charge on any atom is 0.297 e. The molecule has 0 spiro atoms. The molecule has 1 aliphatic heterocycles.